The number of nitrogens with one attached hydrogen (secondary N) is 1. The SMILES string of the molecule is Cc1ccc(Cn2nc(C)c(/C=C/C(=O)Nc3ccc(N4CCOCC4)c(F)c3)c2C)cc1. The molecule has 0 atom stereocenters. The molecule has 6 nitrogen and oxygen atoms in total. The molecule has 2 heterocycles. The van der Waals surface area contributed by atoms with Crippen molar-refractivity contribution in [2.24, 2.45) is 0 Å². The fourth-order valence-electron chi connectivity index (χ4n) is 3.96. The van der Waals surface area contributed by atoms with Crippen molar-refractivity contribution in [2.45, 2.75) is 27.3 Å². The summed E-state index contributed by atoms with van der Waals surface area (Å²) in [5.41, 5.74) is 6.08. The molecule has 0 bridgehead atoms. The molecule has 2 aromatic carbocycles. The van der Waals surface area contributed by atoms with Crippen molar-refractivity contribution in [3.63, 3.8) is 0 Å². The fourth-order valence-corrected chi connectivity index (χ4v) is 3.96. The Morgan fingerprint density at radius 2 is 1.85 bits per heavy atom. The molecule has 0 aliphatic carbocycles. The Morgan fingerprint density at radius 3 is 2.55 bits per heavy atom. The maximum atomic E-state index is 14.6. The molecular formula is C26H29FN4O2. The number of halogens is 1. The molecule has 4 rings (SSSR count). The van der Waals surface area contributed by atoms with E-state index < -0.39 is 0 Å². The van der Waals surface area contributed by atoms with E-state index in [4.69, 9.17) is 4.74 Å². The smallest absolute Gasteiger partial charge is 0.248 e. The summed E-state index contributed by atoms with van der Waals surface area (Å²) in [6.07, 6.45) is 3.22. The number of carbonyl (C=O) groups excluding carboxylic acids is 1. The summed E-state index contributed by atoms with van der Waals surface area (Å²) in [6, 6.07) is 13.1. The molecule has 3 aromatic rings. The molecule has 1 saturated heterocycles. The van der Waals surface area contributed by atoms with Gasteiger partial charge in [-0.2, -0.15) is 5.10 Å². The minimum atomic E-state index is -0.359. The van der Waals surface area contributed by atoms with E-state index in [1.165, 1.54) is 23.3 Å². The number of hydrogen-bond acceptors (Lipinski definition) is 4. The molecule has 1 fully saturated rings. The van der Waals surface area contributed by atoms with Crippen molar-refractivity contribution >= 4 is 23.4 Å². The number of benzene rings is 2. The molecule has 1 aliphatic rings. The first kappa shape index (κ1) is 22.7. The van der Waals surface area contributed by atoms with Gasteiger partial charge in [-0.25, -0.2) is 4.39 Å². The van der Waals surface area contributed by atoms with E-state index in [2.05, 4.69) is 41.6 Å². The van der Waals surface area contributed by atoms with Crippen LogP contribution in [0.3, 0.4) is 0 Å². The highest BCUT2D eigenvalue weighted by Crippen LogP contribution is 2.24. The average molecular weight is 449 g/mol. The van der Waals surface area contributed by atoms with Crippen LogP contribution < -0.4 is 10.2 Å². The first-order chi connectivity index (χ1) is 15.9. The Kier molecular flexibility index (Phi) is 6.89. The second-order valence-corrected chi connectivity index (χ2v) is 8.32. The zero-order valence-corrected chi connectivity index (χ0v) is 19.3. The fraction of sp³-hybridized carbons (Fsp3) is 0.308. The van der Waals surface area contributed by atoms with Crippen LogP contribution in [0, 0.1) is 26.6 Å². The molecular weight excluding hydrogens is 419 g/mol. The second kappa shape index (κ2) is 10.0. The molecule has 0 spiro atoms. The molecule has 172 valence electrons. The molecule has 0 radical (unpaired) electrons. The van der Waals surface area contributed by atoms with Crippen molar-refractivity contribution in [2.75, 3.05) is 36.5 Å². The van der Waals surface area contributed by atoms with E-state index in [0.717, 1.165) is 17.0 Å². The quantitative estimate of drug-likeness (QED) is 0.565. The van der Waals surface area contributed by atoms with Crippen LogP contribution in [0.2, 0.25) is 0 Å². The van der Waals surface area contributed by atoms with Gasteiger partial charge in [0.2, 0.25) is 5.91 Å². The van der Waals surface area contributed by atoms with E-state index in [-0.39, 0.29) is 11.7 Å². The van der Waals surface area contributed by atoms with Gasteiger partial charge < -0.3 is 15.0 Å². The highest BCUT2D eigenvalue weighted by molar-refractivity contribution is 6.02. The standard InChI is InChI=1S/C26H29FN4O2/c1-18-4-6-21(7-5-18)17-31-20(3)23(19(2)29-31)9-11-26(32)28-22-8-10-25(24(27)16-22)30-12-14-33-15-13-30/h4-11,16H,12-15,17H2,1-3H3,(H,28,32)/b11-9+. The van der Waals surface area contributed by atoms with E-state index in [9.17, 15) is 9.18 Å². The van der Waals surface area contributed by atoms with Crippen LogP contribution in [0.5, 0.6) is 0 Å². The van der Waals surface area contributed by atoms with Gasteiger partial charge in [0.05, 0.1) is 31.1 Å². The van der Waals surface area contributed by atoms with Crippen molar-refractivity contribution in [1.82, 2.24) is 9.78 Å². The van der Waals surface area contributed by atoms with Crippen LogP contribution in [-0.4, -0.2) is 42.0 Å². The highest BCUT2D eigenvalue weighted by Gasteiger charge is 2.16. The van der Waals surface area contributed by atoms with Gasteiger partial charge in [0.25, 0.3) is 0 Å². The van der Waals surface area contributed by atoms with Gasteiger partial charge >= 0.3 is 0 Å². The van der Waals surface area contributed by atoms with Gasteiger partial charge in [-0.15, -0.1) is 0 Å². The summed E-state index contributed by atoms with van der Waals surface area (Å²) in [7, 11) is 0. The van der Waals surface area contributed by atoms with Crippen molar-refractivity contribution < 1.29 is 13.9 Å². The number of hydrogen-bond donors (Lipinski definition) is 1. The molecule has 1 N–H and O–H groups in total. The molecule has 7 heteroatoms. The molecule has 1 amide bonds. The number of rotatable bonds is 6. The number of nitrogens with zero attached hydrogens (tertiary/aromatic N) is 3. The van der Waals surface area contributed by atoms with Crippen LogP contribution in [0.4, 0.5) is 15.8 Å². The van der Waals surface area contributed by atoms with Gasteiger partial charge in [0.15, 0.2) is 0 Å². The zero-order valence-electron chi connectivity index (χ0n) is 19.3. The van der Waals surface area contributed by atoms with E-state index in [0.29, 0.717) is 44.2 Å². The maximum Gasteiger partial charge on any atom is 0.248 e. The maximum absolute atomic E-state index is 14.6. The summed E-state index contributed by atoms with van der Waals surface area (Å²) in [4.78, 5) is 14.4. The number of carbonyl (C=O) groups is 1. The van der Waals surface area contributed by atoms with Gasteiger partial charge in [0, 0.05) is 36.1 Å². The topological polar surface area (TPSA) is 59.4 Å². The Balaban J connectivity index is 1.41. The third-order valence-corrected chi connectivity index (χ3v) is 5.86. The first-order valence-corrected chi connectivity index (χ1v) is 11.1. The lowest BCUT2D eigenvalue weighted by Gasteiger charge is -2.29. The van der Waals surface area contributed by atoms with E-state index >= 15 is 0 Å². The average Bonchev–Trinajstić information content (AvgIpc) is 3.07. The third-order valence-electron chi connectivity index (χ3n) is 5.86. The van der Waals surface area contributed by atoms with Crippen molar-refractivity contribution in [3.05, 3.63) is 82.4 Å². The minimum absolute atomic E-state index is 0.321. The van der Waals surface area contributed by atoms with Crippen LogP contribution in [0.15, 0.2) is 48.5 Å². The third kappa shape index (κ3) is 5.49. The number of aryl methyl sites for hydroxylation is 2. The van der Waals surface area contributed by atoms with Gasteiger partial charge in [0.1, 0.15) is 5.82 Å². The number of ether oxygens (including phenoxy) is 1. The van der Waals surface area contributed by atoms with Gasteiger partial charge in [-0.1, -0.05) is 29.8 Å². The number of aromatic nitrogens is 2. The normalized spacial score (nSPS) is 14.1. The Bertz CT molecular complexity index is 1160. The summed E-state index contributed by atoms with van der Waals surface area (Å²) in [5.74, 6) is -0.679. The predicted octanol–water partition coefficient (Wildman–Crippen LogP) is 4.48. The van der Waals surface area contributed by atoms with Gasteiger partial charge in [-0.3, -0.25) is 9.48 Å². The van der Waals surface area contributed by atoms with Crippen LogP contribution in [0.1, 0.15) is 28.1 Å². The Labute approximate surface area is 193 Å². The number of amides is 1. The van der Waals surface area contributed by atoms with Gasteiger partial charge in [-0.05, 0) is 50.6 Å². The Morgan fingerprint density at radius 1 is 1.12 bits per heavy atom. The number of anilines is 2. The zero-order chi connectivity index (χ0) is 23.4. The lowest BCUT2D eigenvalue weighted by atomic mass is 10.1. The van der Waals surface area contributed by atoms with E-state index in [1.807, 2.05) is 23.4 Å². The van der Waals surface area contributed by atoms with Crippen molar-refractivity contribution in [3.8, 4) is 0 Å². The second-order valence-electron chi connectivity index (χ2n) is 8.32. The summed E-state index contributed by atoms with van der Waals surface area (Å²) < 4.78 is 21.8. The highest BCUT2D eigenvalue weighted by atomic mass is 19.1. The predicted molar refractivity (Wildman–Crippen MR) is 129 cm³/mol. The molecule has 0 saturated carbocycles. The Hall–Kier alpha value is -3.45. The minimum Gasteiger partial charge on any atom is -0.378 e. The summed E-state index contributed by atoms with van der Waals surface area (Å²) in [6.45, 7) is 9.13. The monoisotopic (exact) mass is 448 g/mol. The first-order valence-electron chi connectivity index (χ1n) is 11.1. The lowest BCUT2D eigenvalue weighted by Crippen LogP contribution is -2.36. The number of morpholine rings is 1. The van der Waals surface area contributed by atoms with Crippen LogP contribution >= 0.6 is 0 Å². The molecule has 1 aliphatic heterocycles. The molecule has 1 aromatic heterocycles. The van der Waals surface area contributed by atoms with Crippen molar-refractivity contribution in [1.29, 1.82) is 0 Å². The molecule has 33 heavy (non-hydrogen) atoms. The van der Waals surface area contributed by atoms with Crippen LogP contribution in [-0.2, 0) is 16.1 Å². The molecule has 0 unspecified atom stereocenters. The summed E-state index contributed by atoms with van der Waals surface area (Å²) in [5, 5.41) is 7.36. The summed E-state index contributed by atoms with van der Waals surface area (Å²) >= 11 is 0. The van der Waals surface area contributed by atoms with E-state index in [1.54, 1.807) is 18.2 Å². The van der Waals surface area contributed by atoms with Crippen LogP contribution in [0.25, 0.3) is 6.08 Å². The lowest BCUT2D eigenvalue weighted by molar-refractivity contribution is -0.111. The largest absolute Gasteiger partial charge is 0.378 e.